The van der Waals surface area contributed by atoms with Crippen molar-refractivity contribution in [3.63, 3.8) is 0 Å². The van der Waals surface area contributed by atoms with Crippen molar-refractivity contribution in [2.75, 3.05) is 13.2 Å². The highest BCUT2D eigenvalue weighted by molar-refractivity contribution is 5.76. The van der Waals surface area contributed by atoms with Crippen LogP contribution in [0.25, 0.3) is 0 Å². The Balaban J connectivity index is 3.56. The first-order chi connectivity index (χ1) is 26.0. The number of hydrogen-bond acceptors (Lipinski definition) is 5. The van der Waals surface area contributed by atoms with Gasteiger partial charge in [0.15, 0.2) is 0 Å². The number of allylic oxidation sites excluding steroid dienone is 3. The lowest BCUT2D eigenvalue weighted by Gasteiger charge is -2.20. The summed E-state index contributed by atoms with van der Waals surface area (Å²) >= 11 is 0. The molecule has 0 heterocycles. The second-order valence-electron chi connectivity index (χ2n) is 15.7. The molecule has 0 radical (unpaired) electrons. The second kappa shape index (κ2) is 43.1. The summed E-state index contributed by atoms with van der Waals surface area (Å²) in [6, 6.07) is -0.651. The predicted octanol–water partition coefficient (Wildman–Crippen LogP) is 13.2. The fraction of sp³-hybridized carbons (Fsp3) is 0.872. The van der Waals surface area contributed by atoms with Gasteiger partial charge in [-0.1, -0.05) is 192 Å². The zero-order valence-corrected chi connectivity index (χ0v) is 35.2. The third-order valence-electron chi connectivity index (χ3n) is 10.5. The van der Waals surface area contributed by atoms with Gasteiger partial charge in [0, 0.05) is 12.8 Å². The average molecular weight is 748 g/mol. The van der Waals surface area contributed by atoms with E-state index < -0.39 is 12.1 Å². The van der Waals surface area contributed by atoms with Crippen molar-refractivity contribution in [1.82, 2.24) is 5.32 Å². The van der Waals surface area contributed by atoms with Crippen molar-refractivity contribution in [2.24, 2.45) is 0 Å². The van der Waals surface area contributed by atoms with Gasteiger partial charge in [0.05, 0.1) is 25.4 Å². The van der Waals surface area contributed by atoms with Crippen molar-refractivity contribution in [2.45, 2.75) is 251 Å². The summed E-state index contributed by atoms with van der Waals surface area (Å²) in [5.41, 5.74) is 0. The van der Waals surface area contributed by atoms with E-state index in [4.69, 9.17) is 4.74 Å². The molecule has 53 heavy (non-hydrogen) atoms. The van der Waals surface area contributed by atoms with Crippen LogP contribution >= 0.6 is 0 Å². The highest BCUT2D eigenvalue weighted by atomic mass is 16.5. The minimum Gasteiger partial charge on any atom is -0.466 e. The Morgan fingerprint density at radius 2 is 0.887 bits per heavy atom. The number of aliphatic hydroxyl groups excluding tert-OH is 2. The molecule has 0 bridgehead atoms. The van der Waals surface area contributed by atoms with E-state index in [9.17, 15) is 19.8 Å². The maximum Gasteiger partial charge on any atom is 0.305 e. The number of unbranched alkanes of at least 4 members (excludes halogenated alkanes) is 29. The number of ether oxygens (including phenoxy) is 1. The van der Waals surface area contributed by atoms with Crippen LogP contribution in [-0.4, -0.2) is 47.4 Å². The fourth-order valence-corrected chi connectivity index (χ4v) is 6.86. The molecular weight excluding hydrogens is 659 g/mol. The van der Waals surface area contributed by atoms with E-state index in [0.717, 1.165) is 77.0 Å². The Kier molecular flexibility index (Phi) is 41.7. The Morgan fingerprint density at radius 3 is 1.34 bits per heavy atom. The quantitative estimate of drug-likeness (QED) is 0.0328. The molecule has 0 aliphatic carbocycles. The third-order valence-corrected chi connectivity index (χ3v) is 10.5. The van der Waals surface area contributed by atoms with E-state index in [-0.39, 0.29) is 18.5 Å². The molecular formula is C47H89NO5. The molecule has 6 nitrogen and oxygen atoms in total. The molecule has 1 amide bonds. The summed E-state index contributed by atoms with van der Waals surface area (Å²) in [5.74, 6) is -0.142. The smallest absolute Gasteiger partial charge is 0.305 e. The molecule has 0 spiro atoms. The van der Waals surface area contributed by atoms with Gasteiger partial charge in [-0.15, -0.1) is 0 Å². The molecule has 0 saturated heterocycles. The van der Waals surface area contributed by atoms with Crippen LogP contribution in [-0.2, 0) is 14.3 Å². The fourth-order valence-electron chi connectivity index (χ4n) is 6.86. The van der Waals surface area contributed by atoms with Gasteiger partial charge in [0.25, 0.3) is 0 Å². The van der Waals surface area contributed by atoms with Crippen LogP contribution in [0.3, 0.4) is 0 Å². The maximum absolute atomic E-state index is 12.4. The monoisotopic (exact) mass is 748 g/mol. The maximum atomic E-state index is 12.4. The summed E-state index contributed by atoms with van der Waals surface area (Å²) < 4.78 is 5.42. The van der Waals surface area contributed by atoms with E-state index in [1.54, 1.807) is 6.08 Å². The Labute approximate surface area is 329 Å². The van der Waals surface area contributed by atoms with Gasteiger partial charge in [-0.05, 0) is 57.8 Å². The van der Waals surface area contributed by atoms with E-state index >= 15 is 0 Å². The molecule has 2 unspecified atom stereocenters. The van der Waals surface area contributed by atoms with Crippen LogP contribution in [0.5, 0.6) is 0 Å². The topological polar surface area (TPSA) is 95.9 Å². The Bertz CT molecular complexity index is 828. The first kappa shape index (κ1) is 51.3. The minimum absolute atomic E-state index is 0.0371. The van der Waals surface area contributed by atoms with Gasteiger partial charge in [0.2, 0.25) is 5.91 Å². The number of carbonyl (C=O) groups excluding carboxylic acids is 2. The van der Waals surface area contributed by atoms with Crippen molar-refractivity contribution in [1.29, 1.82) is 0 Å². The van der Waals surface area contributed by atoms with Crippen LogP contribution in [0.15, 0.2) is 24.3 Å². The van der Waals surface area contributed by atoms with Crippen molar-refractivity contribution < 1.29 is 24.5 Å². The van der Waals surface area contributed by atoms with Crippen molar-refractivity contribution >= 4 is 11.9 Å². The highest BCUT2D eigenvalue weighted by Gasteiger charge is 2.18. The molecule has 6 heteroatoms. The number of rotatable bonds is 42. The number of aliphatic hydroxyl groups is 2. The summed E-state index contributed by atoms with van der Waals surface area (Å²) in [7, 11) is 0. The van der Waals surface area contributed by atoms with Crippen LogP contribution in [0.1, 0.15) is 239 Å². The first-order valence-electron chi connectivity index (χ1n) is 23.1. The van der Waals surface area contributed by atoms with E-state index in [2.05, 4.69) is 31.3 Å². The standard InChI is InChI=1S/C47H89NO5/c1-3-5-7-9-11-13-15-17-18-20-25-29-33-37-41-47(52)53-42-38-34-30-26-22-21-24-28-32-36-40-46(51)48-44(43-49)45(50)39-35-31-27-23-19-16-14-12-10-8-6-4-2/h22,26,35,39,44-45,49-50H,3-21,23-25,27-34,36-38,40-43H2,1-2H3,(H,48,51)/b26-22-,39-35+. The van der Waals surface area contributed by atoms with Crippen molar-refractivity contribution in [3.05, 3.63) is 24.3 Å². The zero-order valence-electron chi connectivity index (χ0n) is 35.2. The molecule has 0 saturated carbocycles. The number of carbonyl (C=O) groups is 2. The van der Waals surface area contributed by atoms with Gasteiger partial charge in [-0.3, -0.25) is 9.59 Å². The molecule has 3 N–H and O–H groups in total. The first-order valence-corrected chi connectivity index (χ1v) is 23.1. The Hall–Kier alpha value is -1.66. The van der Waals surface area contributed by atoms with E-state index in [1.807, 2.05) is 6.08 Å². The number of nitrogens with one attached hydrogen (secondary N) is 1. The SMILES string of the molecule is CCCCCCCCCCCC/C=C/C(O)C(CO)NC(=O)CCCCCC/C=C\CCCCOC(=O)CCCCCCCCCCCCCCCC. The van der Waals surface area contributed by atoms with Gasteiger partial charge in [-0.25, -0.2) is 0 Å². The van der Waals surface area contributed by atoms with Crippen LogP contribution in [0.2, 0.25) is 0 Å². The van der Waals surface area contributed by atoms with Gasteiger partial charge in [0.1, 0.15) is 0 Å². The lowest BCUT2D eigenvalue weighted by Crippen LogP contribution is -2.45. The summed E-state index contributed by atoms with van der Waals surface area (Å²) in [5, 5.41) is 22.9. The average Bonchev–Trinajstić information content (AvgIpc) is 3.16. The lowest BCUT2D eigenvalue weighted by molar-refractivity contribution is -0.143. The van der Waals surface area contributed by atoms with Gasteiger partial charge < -0.3 is 20.3 Å². The zero-order chi connectivity index (χ0) is 38.7. The molecule has 0 aliphatic heterocycles. The normalized spacial score (nSPS) is 12.9. The number of esters is 1. The highest BCUT2D eigenvalue weighted by Crippen LogP contribution is 2.15. The largest absolute Gasteiger partial charge is 0.466 e. The molecule has 0 rings (SSSR count). The van der Waals surface area contributed by atoms with Crippen LogP contribution in [0.4, 0.5) is 0 Å². The van der Waals surface area contributed by atoms with Gasteiger partial charge in [-0.2, -0.15) is 0 Å². The predicted molar refractivity (Wildman–Crippen MR) is 227 cm³/mol. The molecule has 0 aromatic rings. The van der Waals surface area contributed by atoms with E-state index in [1.165, 1.54) is 135 Å². The molecule has 312 valence electrons. The molecule has 0 aliphatic rings. The molecule has 2 atom stereocenters. The summed E-state index contributed by atoms with van der Waals surface area (Å²) in [6.45, 7) is 4.79. The summed E-state index contributed by atoms with van der Waals surface area (Å²) in [4.78, 5) is 24.4. The number of amides is 1. The van der Waals surface area contributed by atoms with Crippen LogP contribution in [0, 0.1) is 0 Å². The van der Waals surface area contributed by atoms with E-state index in [0.29, 0.717) is 19.4 Å². The van der Waals surface area contributed by atoms with Gasteiger partial charge >= 0.3 is 5.97 Å². The molecule has 0 aromatic carbocycles. The van der Waals surface area contributed by atoms with Crippen LogP contribution < -0.4 is 5.32 Å². The third kappa shape index (κ3) is 39.8. The second-order valence-corrected chi connectivity index (χ2v) is 15.7. The minimum atomic E-state index is -0.863. The van der Waals surface area contributed by atoms with Crippen molar-refractivity contribution in [3.8, 4) is 0 Å². The lowest BCUT2D eigenvalue weighted by atomic mass is 10.0. The molecule has 0 fully saturated rings. The number of hydrogen-bond donors (Lipinski definition) is 3. The molecule has 0 aromatic heterocycles. The summed E-state index contributed by atoms with van der Waals surface area (Å²) in [6.07, 6.45) is 48.8. The Morgan fingerprint density at radius 1 is 0.509 bits per heavy atom.